The van der Waals surface area contributed by atoms with Gasteiger partial charge in [-0.05, 0) is 119 Å². The molecule has 0 radical (unpaired) electrons. The van der Waals surface area contributed by atoms with Gasteiger partial charge in [-0.25, -0.2) is 4.98 Å². The van der Waals surface area contributed by atoms with Crippen molar-refractivity contribution in [2.75, 3.05) is 0 Å². The first-order valence-electron chi connectivity index (χ1n) is 27.1. The fraction of sp³-hybridized carbons (Fsp3) is 0.0959. The number of imidazole rings is 1. The van der Waals surface area contributed by atoms with Gasteiger partial charge in [0, 0.05) is 55.6 Å². The molecule has 4 aliphatic rings. The number of ether oxygens (including phenoxy) is 1. The van der Waals surface area contributed by atoms with E-state index in [-0.39, 0.29) is 37.8 Å². The maximum absolute atomic E-state index is 6.82. The molecular weight excluding hydrogens is 1140 g/mol. The van der Waals surface area contributed by atoms with E-state index in [1.165, 1.54) is 66.8 Å². The minimum absolute atomic E-state index is 0. The summed E-state index contributed by atoms with van der Waals surface area (Å²) < 4.78 is 13.5. The Kier molecular flexibility index (Phi) is 9.69. The molecule has 79 heavy (non-hydrogen) atoms. The van der Waals surface area contributed by atoms with Crippen LogP contribution in [0.4, 0.5) is 0 Å². The standard InChI is InChI=1S/C73H48N4O.Pt/c1-71(2,3)45-39-40-74-67(41-45)77-64-35-15-9-24-52(64)53-38-37-48(43-66(53)77)78-47-20-16-19-46(42-47)75-44-76-63-34-14-8-23-51(63)49-21-4-5-22-50(49)54-27-17-33-62(68(54)57-28-18-36-65(75)70(57)76)72-58-29-10-6-25-55(58)69-56-26-7-11-30-59(56)73(69,72)61-32-13-12-31-60(61)72;/h4-41,69H,1-3H3;/q-2;. The molecule has 1 spiro atoms. The minimum atomic E-state index is -0.472. The molecule has 0 saturated carbocycles. The predicted molar refractivity (Wildman–Crippen MR) is 310 cm³/mol. The second kappa shape index (κ2) is 16.6. The van der Waals surface area contributed by atoms with Gasteiger partial charge < -0.3 is 13.9 Å². The number of nitrogens with zero attached hydrogens (tertiary/aromatic N) is 4. The predicted octanol–water partition coefficient (Wildman–Crippen LogP) is 16.3. The summed E-state index contributed by atoms with van der Waals surface area (Å²) in [6, 6.07) is 90.1. The van der Waals surface area contributed by atoms with Crippen molar-refractivity contribution in [2.45, 2.75) is 42.9 Å². The summed E-state index contributed by atoms with van der Waals surface area (Å²) in [5.41, 5.74) is 23.3. The molecule has 13 aromatic rings. The van der Waals surface area contributed by atoms with Crippen LogP contribution < -0.4 is 9.30 Å². The summed E-state index contributed by atoms with van der Waals surface area (Å²) in [5.74, 6) is 2.24. The summed E-state index contributed by atoms with van der Waals surface area (Å²) in [6.45, 7) is 6.70. The smallest absolute Gasteiger partial charge is 0.268 e. The molecule has 5 nitrogen and oxygen atoms in total. The van der Waals surface area contributed by atoms with Gasteiger partial charge in [0.25, 0.3) is 6.33 Å². The molecule has 0 amide bonds. The number of rotatable bonds is 5. The van der Waals surface area contributed by atoms with Crippen molar-refractivity contribution in [3.05, 3.63) is 294 Å². The number of para-hydroxylation sites is 3. The van der Waals surface area contributed by atoms with E-state index in [9.17, 15) is 0 Å². The molecule has 3 aromatic heterocycles. The van der Waals surface area contributed by atoms with Crippen molar-refractivity contribution in [3.8, 4) is 62.1 Å². The van der Waals surface area contributed by atoms with Gasteiger partial charge in [-0.3, -0.25) is 4.57 Å². The second-order valence-electron chi connectivity index (χ2n) is 22.5. The van der Waals surface area contributed by atoms with Crippen LogP contribution in [0.1, 0.15) is 71.2 Å². The maximum atomic E-state index is 6.82. The van der Waals surface area contributed by atoms with Crippen LogP contribution in [0.3, 0.4) is 0 Å². The number of benzene rings is 10. The summed E-state index contributed by atoms with van der Waals surface area (Å²) in [4.78, 5) is 4.91. The zero-order chi connectivity index (χ0) is 51.6. The second-order valence-corrected chi connectivity index (χ2v) is 22.5. The molecule has 3 atom stereocenters. The minimum Gasteiger partial charge on any atom is -0.510 e. The van der Waals surface area contributed by atoms with E-state index in [4.69, 9.17) is 9.72 Å². The molecule has 3 unspecified atom stereocenters. The number of fused-ring (bicyclic) bond motifs is 17. The third-order valence-electron chi connectivity index (χ3n) is 17.8. The average molecular weight is 1190 g/mol. The van der Waals surface area contributed by atoms with Gasteiger partial charge in [-0.2, -0.15) is 18.2 Å². The molecule has 0 fully saturated rings. The van der Waals surface area contributed by atoms with Crippen LogP contribution >= 0.6 is 0 Å². The van der Waals surface area contributed by atoms with E-state index in [2.05, 4.69) is 259 Å². The molecule has 3 aliphatic carbocycles. The molecule has 4 heterocycles. The number of pyridine rings is 1. The van der Waals surface area contributed by atoms with E-state index in [1.807, 2.05) is 24.4 Å². The van der Waals surface area contributed by atoms with Crippen LogP contribution in [-0.4, -0.2) is 14.1 Å². The van der Waals surface area contributed by atoms with Gasteiger partial charge in [0.05, 0.1) is 22.1 Å². The molecule has 0 N–H and O–H groups in total. The summed E-state index contributed by atoms with van der Waals surface area (Å²) in [6.07, 6.45) is 5.86. The van der Waals surface area contributed by atoms with Crippen LogP contribution in [0.25, 0.3) is 83.4 Å². The number of hydrogen-bond donors (Lipinski definition) is 0. The molecule has 10 aromatic carbocycles. The number of aromatic nitrogens is 4. The number of hydrogen-bond acceptors (Lipinski definition) is 2. The molecular formula is C73H48N4OPt-2. The first-order chi connectivity index (χ1) is 38.3. The van der Waals surface area contributed by atoms with Crippen LogP contribution in [0, 0.1) is 18.5 Å². The first-order valence-corrected chi connectivity index (χ1v) is 27.1. The summed E-state index contributed by atoms with van der Waals surface area (Å²) in [5, 5.41) is 2.22. The molecule has 6 heteroatoms. The van der Waals surface area contributed by atoms with Gasteiger partial charge in [-0.15, -0.1) is 29.7 Å². The van der Waals surface area contributed by atoms with Gasteiger partial charge in [-0.1, -0.05) is 196 Å². The van der Waals surface area contributed by atoms with Gasteiger partial charge in [0.1, 0.15) is 5.82 Å². The summed E-state index contributed by atoms with van der Waals surface area (Å²) >= 11 is 0. The van der Waals surface area contributed by atoms with Crippen molar-refractivity contribution < 1.29 is 30.4 Å². The fourth-order valence-corrected chi connectivity index (χ4v) is 14.9. The van der Waals surface area contributed by atoms with Crippen LogP contribution in [0.5, 0.6) is 11.5 Å². The Morgan fingerprint density at radius 2 is 1.14 bits per heavy atom. The van der Waals surface area contributed by atoms with Gasteiger partial charge >= 0.3 is 0 Å². The Morgan fingerprint density at radius 1 is 0.519 bits per heavy atom. The van der Waals surface area contributed by atoms with Crippen LogP contribution in [0.15, 0.2) is 231 Å². The van der Waals surface area contributed by atoms with E-state index in [0.29, 0.717) is 11.5 Å². The Balaban J connectivity index is 0.00000520. The van der Waals surface area contributed by atoms with Crippen molar-refractivity contribution in [1.29, 1.82) is 0 Å². The molecule has 17 rings (SSSR count). The largest absolute Gasteiger partial charge is 0.510 e. The average Bonchev–Trinajstić information content (AvgIpc) is 1.56. The van der Waals surface area contributed by atoms with Crippen LogP contribution in [0.2, 0.25) is 0 Å². The van der Waals surface area contributed by atoms with Crippen LogP contribution in [-0.2, 0) is 37.3 Å². The van der Waals surface area contributed by atoms with E-state index < -0.39 is 5.41 Å². The Bertz CT molecular complexity index is 4740. The van der Waals surface area contributed by atoms with Crippen molar-refractivity contribution >= 4 is 32.8 Å². The molecule has 1 aliphatic heterocycles. The Hall–Kier alpha value is -8.89. The summed E-state index contributed by atoms with van der Waals surface area (Å²) in [7, 11) is 0. The van der Waals surface area contributed by atoms with E-state index in [0.717, 1.165) is 61.2 Å². The fourth-order valence-electron chi connectivity index (χ4n) is 14.9. The van der Waals surface area contributed by atoms with Crippen molar-refractivity contribution in [3.63, 3.8) is 0 Å². The monoisotopic (exact) mass is 1190 g/mol. The van der Waals surface area contributed by atoms with E-state index in [1.54, 1.807) is 0 Å². The normalized spacial score (nSPS) is 17.7. The van der Waals surface area contributed by atoms with Gasteiger partial charge in [0.15, 0.2) is 0 Å². The topological polar surface area (TPSA) is 35.9 Å². The SMILES string of the molecule is CC(C)(C)c1ccnc(-n2c3[c-]c(Oc4[c-]c(-n5[c-][n+]6c7c(cccc75)-c5c(cccc5C57c8ccccc8C8c9ccccc9C85c5ccccc57)-c5ccccc5-c5ccccc5-6)ccc4)ccc3c3ccccc32)c1.[Pt]. The zero-order valence-electron chi connectivity index (χ0n) is 43.5. The van der Waals surface area contributed by atoms with Crippen molar-refractivity contribution in [1.82, 2.24) is 14.1 Å². The Morgan fingerprint density at radius 3 is 1.97 bits per heavy atom. The van der Waals surface area contributed by atoms with Crippen molar-refractivity contribution in [2.24, 2.45) is 0 Å². The maximum Gasteiger partial charge on any atom is 0.268 e. The first kappa shape index (κ1) is 46.2. The zero-order valence-corrected chi connectivity index (χ0v) is 45.8. The van der Waals surface area contributed by atoms with E-state index >= 15 is 0 Å². The third kappa shape index (κ3) is 5.93. The van der Waals surface area contributed by atoms with Gasteiger partial charge in [0.2, 0.25) is 0 Å². The quantitative estimate of drug-likeness (QED) is 0.127. The molecule has 0 bridgehead atoms. The molecule has 0 saturated heterocycles. The third-order valence-corrected chi connectivity index (χ3v) is 17.8. The Labute approximate surface area is 473 Å². The molecule has 378 valence electrons.